The molecule has 1 saturated heterocycles. The summed E-state index contributed by atoms with van der Waals surface area (Å²) in [5.41, 5.74) is 1.11. The zero-order valence-electron chi connectivity index (χ0n) is 12.9. The number of hydrogen-bond acceptors (Lipinski definition) is 2. The van der Waals surface area contributed by atoms with Gasteiger partial charge in [-0.1, -0.05) is 43.7 Å². The molecule has 0 saturated carbocycles. The van der Waals surface area contributed by atoms with E-state index in [4.69, 9.17) is 0 Å². The van der Waals surface area contributed by atoms with Gasteiger partial charge in [0.1, 0.15) is 0 Å². The minimum atomic E-state index is -0.178. The lowest BCUT2D eigenvalue weighted by Gasteiger charge is -2.21. The number of carbonyl (C=O) groups is 2. The van der Waals surface area contributed by atoms with Gasteiger partial charge in [0.15, 0.2) is 0 Å². The Hall–Kier alpha value is -1.84. The van der Waals surface area contributed by atoms with Gasteiger partial charge in [-0.15, -0.1) is 0 Å². The molecule has 0 N–H and O–H groups in total. The maximum Gasteiger partial charge on any atom is 0.228 e. The lowest BCUT2D eigenvalue weighted by molar-refractivity contribution is -0.135. The minimum Gasteiger partial charge on any atom is -0.342 e. The van der Waals surface area contributed by atoms with Crippen molar-refractivity contribution in [1.29, 1.82) is 0 Å². The zero-order chi connectivity index (χ0) is 15.2. The number of nitrogens with zero attached hydrogens (tertiary/aromatic N) is 2. The summed E-state index contributed by atoms with van der Waals surface area (Å²) in [6.45, 7) is 4.06. The van der Waals surface area contributed by atoms with E-state index in [1.54, 1.807) is 4.90 Å². The second-order valence-corrected chi connectivity index (χ2v) is 5.77. The van der Waals surface area contributed by atoms with Crippen LogP contribution in [0.4, 0.5) is 0 Å². The molecule has 1 unspecified atom stereocenters. The monoisotopic (exact) mass is 288 g/mol. The van der Waals surface area contributed by atoms with Crippen LogP contribution in [0.2, 0.25) is 0 Å². The first kappa shape index (κ1) is 15.5. The van der Waals surface area contributed by atoms with E-state index in [-0.39, 0.29) is 17.7 Å². The first-order chi connectivity index (χ1) is 10.1. The number of carbonyl (C=O) groups excluding carboxylic acids is 2. The van der Waals surface area contributed by atoms with Crippen molar-refractivity contribution in [2.75, 3.05) is 20.1 Å². The topological polar surface area (TPSA) is 40.6 Å². The molecule has 0 radical (unpaired) electrons. The molecule has 0 aromatic heterocycles. The first-order valence-corrected chi connectivity index (χ1v) is 7.68. The number of hydrogen-bond donors (Lipinski definition) is 0. The Morgan fingerprint density at radius 2 is 2.05 bits per heavy atom. The Morgan fingerprint density at radius 3 is 2.71 bits per heavy atom. The van der Waals surface area contributed by atoms with E-state index in [0.717, 1.165) is 24.9 Å². The van der Waals surface area contributed by atoms with E-state index < -0.39 is 0 Å². The third-order valence-electron chi connectivity index (χ3n) is 3.98. The van der Waals surface area contributed by atoms with E-state index in [9.17, 15) is 9.59 Å². The Labute approximate surface area is 126 Å². The van der Waals surface area contributed by atoms with E-state index in [0.29, 0.717) is 19.5 Å². The van der Waals surface area contributed by atoms with Crippen LogP contribution in [0.5, 0.6) is 0 Å². The lowest BCUT2D eigenvalue weighted by atomic mass is 10.1. The van der Waals surface area contributed by atoms with Crippen LogP contribution < -0.4 is 0 Å². The lowest BCUT2D eigenvalue weighted by Crippen LogP contribution is -2.34. The first-order valence-electron chi connectivity index (χ1n) is 7.68. The van der Waals surface area contributed by atoms with Gasteiger partial charge in [-0.2, -0.15) is 0 Å². The van der Waals surface area contributed by atoms with E-state index >= 15 is 0 Å². The SMILES string of the molecule is CCCCN1CC(C(=O)N(C)Cc2ccccc2)CC1=O. The zero-order valence-corrected chi connectivity index (χ0v) is 12.9. The third-order valence-corrected chi connectivity index (χ3v) is 3.98. The molecule has 4 heteroatoms. The van der Waals surface area contributed by atoms with E-state index in [1.165, 1.54) is 0 Å². The Balaban J connectivity index is 1.90. The summed E-state index contributed by atoms with van der Waals surface area (Å²) in [6.07, 6.45) is 2.44. The smallest absolute Gasteiger partial charge is 0.228 e. The van der Waals surface area contributed by atoms with Crippen molar-refractivity contribution in [3.05, 3.63) is 35.9 Å². The van der Waals surface area contributed by atoms with Gasteiger partial charge >= 0.3 is 0 Å². The Kier molecular flexibility index (Phi) is 5.37. The summed E-state index contributed by atoms with van der Waals surface area (Å²) in [6, 6.07) is 9.93. The van der Waals surface area contributed by atoms with Gasteiger partial charge in [0.2, 0.25) is 11.8 Å². The van der Waals surface area contributed by atoms with Crippen LogP contribution in [0, 0.1) is 5.92 Å². The van der Waals surface area contributed by atoms with Gasteiger partial charge in [-0.25, -0.2) is 0 Å². The predicted molar refractivity (Wildman–Crippen MR) is 82.5 cm³/mol. The van der Waals surface area contributed by atoms with Gasteiger partial charge in [-0.05, 0) is 12.0 Å². The molecule has 1 fully saturated rings. The molecule has 1 aliphatic heterocycles. The van der Waals surface area contributed by atoms with Gasteiger partial charge < -0.3 is 9.80 Å². The van der Waals surface area contributed by atoms with Crippen molar-refractivity contribution in [3.63, 3.8) is 0 Å². The van der Waals surface area contributed by atoms with Crippen LogP contribution in [0.1, 0.15) is 31.7 Å². The molecule has 1 aromatic carbocycles. The average Bonchev–Trinajstić information content (AvgIpc) is 2.86. The fourth-order valence-corrected chi connectivity index (χ4v) is 2.75. The third kappa shape index (κ3) is 4.06. The number of rotatable bonds is 6. The number of amides is 2. The van der Waals surface area contributed by atoms with E-state index in [1.807, 2.05) is 42.3 Å². The van der Waals surface area contributed by atoms with Crippen LogP contribution in [-0.2, 0) is 16.1 Å². The standard InChI is InChI=1S/C17H24N2O2/c1-3-4-10-19-13-15(11-16(19)20)17(21)18(2)12-14-8-6-5-7-9-14/h5-9,15H,3-4,10-13H2,1-2H3. The minimum absolute atomic E-state index is 0.0752. The summed E-state index contributed by atoms with van der Waals surface area (Å²) in [7, 11) is 1.81. The van der Waals surface area contributed by atoms with Crippen molar-refractivity contribution < 1.29 is 9.59 Å². The van der Waals surface area contributed by atoms with Gasteiger partial charge in [0.05, 0.1) is 5.92 Å². The summed E-state index contributed by atoms with van der Waals surface area (Å²) >= 11 is 0. The molecule has 114 valence electrons. The fraction of sp³-hybridized carbons (Fsp3) is 0.529. The molecular formula is C17H24N2O2. The molecule has 1 heterocycles. The van der Waals surface area contributed by atoms with Crippen LogP contribution in [-0.4, -0.2) is 41.8 Å². The molecule has 4 nitrogen and oxygen atoms in total. The van der Waals surface area contributed by atoms with E-state index in [2.05, 4.69) is 6.92 Å². The molecular weight excluding hydrogens is 264 g/mol. The molecule has 0 spiro atoms. The van der Waals surface area contributed by atoms with Crippen LogP contribution in [0.3, 0.4) is 0 Å². The Bertz CT molecular complexity index is 487. The van der Waals surface area contributed by atoms with Crippen LogP contribution in [0.15, 0.2) is 30.3 Å². The average molecular weight is 288 g/mol. The maximum atomic E-state index is 12.5. The molecule has 21 heavy (non-hydrogen) atoms. The van der Waals surface area contributed by atoms with Gasteiger partial charge in [0.25, 0.3) is 0 Å². The summed E-state index contributed by atoms with van der Waals surface area (Å²) < 4.78 is 0. The number of likely N-dealkylation sites (tertiary alicyclic amines) is 1. The van der Waals surface area contributed by atoms with Gasteiger partial charge in [-0.3, -0.25) is 9.59 Å². The number of benzene rings is 1. The highest BCUT2D eigenvalue weighted by Gasteiger charge is 2.35. The second-order valence-electron chi connectivity index (χ2n) is 5.77. The van der Waals surface area contributed by atoms with Crippen LogP contribution in [0.25, 0.3) is 0 Å². The van der Waals surface area contributed by atoms with Gasteiger partial charge in [0, 0.05) is 33.1 Å². The van der Waals surface area contributed by atoms with Crippen molar-refractivity contribution in [2.24, 2.45) is 5.92 Å². The summed E-state index contributed by atoms with van der Waals surface area (Å²) in [5, 5.41) is 0. The summed E-state index contributed by atoms with van der Waals surface area (Å²) in [5.74, 6) is 0.0178. The largest absolute Gasteiger partial charge is 0.342 e. The molecule has 1 aliphatic rings. The van der Waals surface area contributed by atoms with Crippen LogP contribution >= 0.6 is 0 Å². The molecule has 2 rings (SSSR count). The van der Waals surface area contributed by atoms with Crippen molar-refractivity contribution in [1.82, 2.24) is 9.80 Å². The molecule has 1 aromatic rings. The molecule has 0 bridgehead atoms. The number of unbranched alkanes of at least 4 members (excludes halogenated alkanes) is 1. The summed E-state index contributed by atoms with van der Waals surface area (Å²) in [4.78, 5) is 28.0. The highest BCUT2D eigenvalue weighted by Crippen LogP contribution is 2.21. The fourth-order valence-electron chi connectivity index (χ4n) is 2.75. The molecule has 1 atom stereocenters. The predicted octanol–water partition coefficient (Wildman–Crippen LogP) is 2.29. The maximum absolute atomic E-state index is 12.5. The highest BCUT2D eigenvalue weighted by molar-refractivity contribution is 5.89. The normalized spacial score (nSPS) is 18.1. The van der Waals surface area contributed by atoms with Crippen molar-refractivity contribution >= 4 is 11.8 Å². The quantitative estimate of drug-likeness (QED) is 0.806. The molecule has 0 aliphatic carbocycles. The van der Waals surface area contributed by atoms with Crippen molar-refractivity contribution in [2.45, 2.75) is 32.7 Å². The highest BCUT2D eigenvalue weighted by atomic mass is 16.2. The van der Waals surface area contributed by atoms with Crippen molar-refractivity contribution in [3.8, 4) is 0 Å². The second kappa shape index (κ2) is 7.25. The molecule has 2 amide bonds. The Morgan fingerprint density at radius 1 is 1.33 bits per heavy atom.